The molecular formula is C37H48FN3O. The van der Waals surface area contributed by atoms with Crippen molar-refractivity contribution in [2.24, 2.45) is 11.3 Å². The highest BCUT2D eigenvalue weighted by Gasteiger charge is 2.32. The predicted octanol–water partition coefficient (Wildman–Crippen LogP) is 9.60. The van der Waals surface area contributed by atoms with Gasteiger partial charge >= 0.3 is 0 Å². The largest absolute Gasteiger partial charge is 0.457 e. The third-order valence-corrected chi connectivity index (χ3v) is 8.69. The molecule has 2 N–H and O–H groups in total. The van der Waals surface area contributed by atoms with Crippen molar-refractivity contribution in [3.8, 4) is 11.5 Å². The van der Waals surface area contributed by atoms with Crippen molar-refractivity contribution in [2.75, 3.05) is 25.0 Å². The van der Waals surface area contributed by atoms with Crippen LogP contribution in [0.2, 0.25) is 0 Å². The highest BCUT2D eigenvalue weighted by atomic mass is 19.1. The quantitative estimate of drug-likeness (QED) is 0.203. The van der Waals surface area contributed by atoms with Crippen LogP contribution in [-0.2, 0) is 6.42 Å². The number of anilines is 1. The summed E-state index contributed by atoms with van der Waals surface area (Å²) in [6, 6.07) is 20.8. The minimum atomic E-state index is -0.229. The molecular weight excluding hydrogens is 521 g/mol. The summed E-state index contributed by atoms with van der Waals surface area (Å²) in [5.41, 5.74) is 5.37. The first-order chi connectivity index (χ1) is 20.2. The third-order valence-electron chi connectivity index (χ3n) is 8.69. The van der Waals surface area contributed by atoms with Gasteiger partial charge in [-0.1, -0.05) is 58.9 Å². The van der Waals surface area contributed by atoms with Crippen LogP contribution in [0.5, 0.6) is 11.5 Å². The first-order valence-corrected chi connectivity index (χ1v) is 15.5. The Labute approximate surface area is 252 Å². The Bertz CT molecular complexity index is 1320. The van der Waals surface area contributed by atoms with Gasteiger partial charge in [0.1, 0.15) is 17.3 Å². The fourth-order valence-corrected chi connectivity index (χ4v) is 5.95. The fraction of sp³-hybridized carbons (Fsp3) is 0.405. The van der Waals surface area contributed by atoms with Gasteiger partial charge in [-0.15, -0.1) is 0 Å². The Kier molecular flexibility index (Phi) is 10.7. The Hall–Kier alpha value is -3.73. The lowest BCUT2D eigenvalue weighted by molar-refractivity contribution is 0.113. The Morgan fingerprint density at radius 2 is 1.57 bits per heavy atom. The highest BCUT2D eigenvalue weighted by molar-refractivity contribution is 5.62. The summed E-state index contributed by atoms with van der Waals surface area (Å²) in [5.74, 6) is 2.98. The van der Waals surface area contributed by atoms with Crippen LogP contribution in [0.15, 0.2) is 85.7 Å². The number of hydrogen-bond donors (Lipinski definition) is 2. The first-order valence-electron chi connectivity index (χ1n) is 15.5. The molecule has 1 saturated heterocycles. The molecule has 3 aromatic carbocycles. The molecule has 0 spiro atoms. The van der Waals surface area contributed by atoms with Gasteiger partial charge < -0.3 is 20.3 Å². The maximum Gasteiger partial charge on any atom is 0.129 e. The number of benzene rings is 3. The Morgan fingerprint density at radius 1 is 0.905 bits per heavy atom. The normalized spacial score (nSPS) is 14.5. The van der Waals surface area contributed by atoms with Gasteiger partial charge in [0.2, 0.25) is 0 Å². The molecule has 0 radical (unpaired) electrons. The van der Waals surface area contributed by atoms with Crippen LogP contribution in [0.4, 0.5) is 10.1 Å². The van der Waals surface area contributed by atoms with E-state index in [1.54, 1.807) is 0 Å². The second-order valence-corrected chi connectivity index (χ2v) is 12.1. The molecule has 1 heterocycles. The fourth-order valence-electron chi connectivity index (χ4n) is 5.95. The number of nitrogens with one attached hydrogen (secondary N) is 2. The summed E-state index contributed by atoms with van der Waals surface area (Å²) in [4.78, 5) is 2.37. The van der Waals surface area contributed by atoms with Crippen molar-refractivity contribution in [3.05, 3.63) is 108 Å². The summed E-state index contributed by atoms with van der Waals surface area (Å²) in [7, 11) is 0. The minimum Gasteiger partial charge on any atom is -0.457 e. The number of rotatable bonds is 14. The van der Waals surface area contributed by atoms with E-state index >= 15 is 0 Å². The highest BCUT2D eigenvalue weighted by Crippen LogP contribution is 2.39. The SMILES string of the molecule is C=C(NCC)c1ccc(Oc2cc(Cc3ccc(F)cc3)cc(NC(=C)N3CCC(C)(CC(CC)CC)CC3)c2)cc1. The van der Waals surface area contributed by atoms with Crippen LogP contribution < -0.4 is 15.4 Å². The van der Waals surface area contributed by atoms with E-state index in [-0.39, 0.29) is 5.82 Å². The van der Waals surface area contributed by atoms with E-state index < -0.39 is 0 Å². The van der Waals surface area contributed by atoms with Crippen LogP contribution in [0.1, 0.15) is 76.5 Å². The monoisotopic (exact) mass is 569 g/mol. The van der Waals surface area contributed by atoms with E-state index in [0.29, 0.717) is 11.8 Å². The molecule has 4 rings (SSSR count). The summed E-state index contributed by atoms with van der Waals surface area (Å²) in [6.45, 7) is 20.5. The second-order valence-electron chi connectivity index (χ2n) is 12.1. The van der Waals surface area contributed by atoms with Gasteiger partial charge in [0, 0.05) is 37.1 Å². The molecule has 0 amide bonds. The van der Waals surface area contributed by atoms with Gasteiger partial charge in [-0.05, 0) is 109 Å². The van der Waals surface area contributed by atoms with Crippen LogP contribution >= 0.6 is 0 Å². The molecule has 3 aromatic rings. The first kappa shape index (κ1) is 31.2. The van der Waals surface area contributed by atoms with Gasteiger partial charge in [-0.2, -0.15) is 0 Å². The van der Waals surface area contributed by atoms with Gasteiger partial charge in [0.05, 0.1) is 5.82 Å². The van der Waals surface area contributed by atoms with Crippen LogP contribution in [0.25, 0.3) is 5.70 Å². The molecule has 0 unspecified atom stereocenters. The molecule has 42 heavy (non-hydrogen) atoms. The number of hydrogen-bond acceptors (Lipinski definition) is 4. The molecule has 5 heteroatoms. The van der Waals surface area contributed by atoms with Crippen LogP contribution in [-0.4, -0.2) is 24.5 Å². The number of piperidine rings is 1. The van der Waals surface area contributed by atoms with Crippen molar-refractivity contribution in [1.29, 1.82) is 0 Å². The zero-order valence-electron chi connectivity index (χ0n) is 25.9. The summed E-state index contributed by atoms with van der Waals surface area (Å²) in [6.07, 6.45) is 6.86. The molecule has 1 fully saturated rings. The number of halogens is 1. The summed E-state index contributed by atoms with van der Waals surface area (Å²) < 4.78 is 19.9. The Morgan fingerprint density at radius 3 is 2.19 bits per heavy atom. The van der Waals surface area contributed by atoms with E-state index in [9.17, 15) is 4.39 Å². The second kappa shape index (κ2) is 14.4. The van der Waals surface area contributed by atoms with E-state index in [4.69, 9.17) is 4.74 Å². The topological polar surface area (TPSA) is 36.5 Å². The minimum absolute atomic E-state index is 0.229. The molecule has 0 aliphatic carbocycles. The molecule has 0 bridgehead atoms. The lowest BCUT2D eigenvalue weighted by Gasteiger charge is -2.42. The standard InChI is InChI=1S/C37H48FN3O/c1-7-29(8-2)26-37(6)18-20-41(21-19-37)28(5)40-34-23-31(22-30-10-14-33(38)15-11-30)24-36(25-34)42-35-16-12-32(13-17-35)27(4)39-9-3/h10-17,23-25,29,39-40H,4-5,7-9,18-22,26H2,1-3,6H3. The molecule has 1 aliphatic rings. The zero-order chi connectivity index (χ0) is 30.1. The van der Waals surface area contributed by atoms with E-state index in [2.05, 4.69) is 62.5 Å². The van der Waals surface area contributed by atoms with Crippen molar-refractivity contribution < 1.29 is 9.13 Å². The predicted molar refractivity (Wildman–Crippen MR) is 175 cm³/mol. The van der Waals surface area contributed by atoms with Crippen molar-refractivity contribution in [2.45, 2.75) is 66.2 Å². The molecule has 0 aromatic heterocycles. The van der Waals surface area contributed by atoms with Gasteiger partial charge in [0.15, 0.2) is 0 Å². The molecule has 0 atom stereocenters. The number of likely N-dealkylation sites (tertiary alicyclic amines) is 1. The van der Waals surface area contributed by atoms with E-state index in [1.807, 2.05) is 48.5 Å². The van der Waals surface area contributed by atoms with Crippen LogP contribution in [0, 0.1) is 17.2 Å². The van der Waals surface area contributed by atoms with Crippen molar-refractivity contribution >= 4 is 11.4 Å². The van der Waals surface area contributed by atoms with Crippen molar-refractivity contribution in [3.63, 3.8) is 0 Å². The third kappa shape index (κ3) is 8.64. The average Bonchev–Trinajstić information content (AvgIpc) is 2.98. The lowest BCUT2D eigenvalue weighted by atomic mass is 9.72. The zero-order valence-corrected chi connectivity index (χ0v) is 25.9. The molecule has 0 saturated carbocycles. The Balaban J connectivity index is 1.49. The van der Waals surface area contributed by atoms with E-state index in [1.165, 1.54) is 44.2 Å². The van der Waals surface area contributed by atoms with Gasteiger partial charge in [-0.25, -0.2) is 4.39 Å². The molecule has 224 valence electrons. The average molecular weight is 570 g/mol. The summed E-state index contributed by atoms with van der Waals surface area (Å²) >= 11 is 0. The maximum atomic E-state index is 13.5. The van der Waals surface area contributed by atoms with Crippen LogP contribution in [0.3, 0.4) is 0 Å². The maximum absolute atomic E-state index is 13.5. The molecule has 1 aliphatic heterocycles. The molecule has 4 nitrogen and oxygen atoms in total. The van der Waals surface area contributed by atoms with Gasteiger partial charge in [0.25, 0.3) is 0 Å². The van der Waals surface area contributed by atoms with E-state index in [0.717, 1.165) is 70.9 Å². The summed E-state index contributed by atoms with van der Waals surface area (Å²) in [5, 5.41) is 6.83. The number of ether oxygens (including phenoxy) is 1. The lowest BCUT2D eigenvalue weighted by Crippen LogP contribution is -2.40. The van der Waals surface area contributed by atoms with Gasteiger partial charge in [-0.3, -0.25) is 0 Å². The number of nitrogens with zero attached hydrogens (tertiary/aromatic N) is 1. The van der Waals surface area contributed by atoms with Crippen molar-refractivity contribution in [1.82, 2.24) is 10.2 Å². The smallest absolute Gasteiger partial charge is 0.129 e.